The summed E-state index contributed by atoms with van der Waals surface area (Å²) in [6.07, 6.45) is 3.16. The minimum Gasteiger partial charge on any atom is -0.338 e. The third kappa shape index (κ3) is 2.93. The molecule has 1 aromatic heterocycles. The fraction of sp³-hybridized carbons (Fsp3) is 0.579. The van der Waals surface area contributed by atoms with Crippen LogP contribution in [-0.2, 0) is 18.4 Å². The van der Waals surface area contributed by atoms with Crippen LogP contribution in [0, 0.1) is 5.92 Å². The first-order chi connectivity index (χ1) is 12.1. The number of amides is 1. The Kier molecular flexibility index (Phi) is 4.46. The van der Waals surface area contributed by atoms with E-state index >= 15 is 0 Å². The van der Waals surface area contributed by atoms with Crippen LogP contribution in [0.3, 0.4) is 0 Å². The molecule has 25 heavy (non-hydrogen) atoms. The van der Waals surface area contributed by atoms with Crippen LogP contribution in [0.15, 0.2) is 18.2 Å². The minimum absolute atomic E-state index is 0.135. The molecule has 2 aromatic rings. The third-order valence-corrected chi connectivity index (χ3v) is 5.92. The zero-order chi connectivity index (χ0) is 17.6. The molecule has 3 aliphatic heterocycles. The molecular formula is C19H25ClN4O. The molecule has 3 fully saturated rings. The largest absolute Gasteiger partial charge is 0.338 e. The summed E-state index contributed by atoms with van der Waals surface area (Å²) >= 11 is 6.45. The van der Waals surface area contributed by atoms with E-state index in [-0.39, 0.29) is 5.92 Å². The fourth-order valence-corrected chi connectivity index (χ4v) is 4.75. The topological polar surface area (TPSA) is 41.4 Å². The first-order valence-corrected chi connectivity index (χ1v) is 9.59. The molecule has 0 spiro atoms. The lowest BCUT2D eigenvalue weighted by atomic mass is 9.94. The molecule has 6 heteroatoms. The van der Waals surface area contributed by atoms with Crippen LogP contribution in [0.4, 0.5) is 0 Å². The third-order valence-electron chi connectivity index (χ3n) is 5.61. The van der Waals surface area contributed by atoms with E-state index in [4.69, 9.17) is 16.7 Å². The Balaban J connectivity index is 1.61. The van der Waals surface area contributed by atoms with E-state index in [0.717, 1.165) is 67.1 Å². The monoisotopic (exact) mass is 360 g/mol. The van der Waals surface area contributed by atoms with E-state index in [2.05, 4.69) is 22.8 Å². The molecular weight excluding hydrogens is 336 g/mol. The number of nitrogens with zero attached hydrogens (tertiary/aromatic N) is 4. The molecule has 0 unspecified atom stereocenters. The number of rotatable bonds is 4. The predicted octanol–water partition coefficient (Wildman–Crippen LogP) is 3.06. The van der Waals surface area contributed by atoms with Crippen LogP contribution in [0.5, 0.6) is 0 Å². The molecule has 3 saturated heterocycles. The van der Waals surface area contributed by atoms with Crippen molar-refractivity contribution in [2.24, 2.45) is 13.0 Å². The normalized spacial score (nSPS) is 24.3. The van der Waals surface area contributed by atoms with Gasteiger partial charge in [-0.05, 0) is 31.4 Å². The number of carbonyl (C=O) groups is 1. The average Bonchev–Trinajstić information content (AvgIpc) is 2.72. The molecule has 5 nitrogen and oxygen atoms in total. The SMILES string of the molecule is CCCN1C(=O)[C@H]2CC[C@@H]1CN(Cc1nn(C)c3cccc(Cl)c13)C2. The van der Waals surface area contributed by atoms with Gasteiger partial charge in [-0.3, -0.25) is 14.4 Å². The molecule has 2 atom stereocenters. The highest BCUT2D eigenvalue weighted by atomic mass is 35.5. The van der Waals surface area contributed by atoms with E-state index in [1.807, 2.05) is 23.9 Å². The second kappa shape index (κ2) is 6.61. The molecule has 2 bridgehead atoms. The minimum atomic E-state index is 0.135. The van der Waals surface area contributed by atoms with Gasteiger partial charge in [-0.2, -0.15) is 5.10 Å². The van der Waals surface area contributed by atoms with Crippen LogP contribution in [-0.4, -0.2) is 51.2 Å². The van der Waals surface area contributed by atoms with Gasteiger partial charge in [-0.1, -0.05) is 24.6 Å². The summed E-state index contributed by atoms with van der Waals surface area (Å²) in [5, 5.41) is 6.51. The number of piperidine rings is 1. The lowest BCUT2D eigenvalue weighted by molar-refractivity contribution is -0.139. The van der Waals surface area contributed by atoms with Gasteiger partial charge in [0.1, 0.15) is 0 Å². The highest BCUT2D eigenvalue weighted by Crippen LogP contribution is 2.32. The van der Waals surface area contributed by atoms with Gasteiger partial charge in [-0.25, -0.2) is 0 Å². The van der Waals surface area contributed by atoms with Gasteiger partial charge in [0, 0.05) is 44.7 Å². The molecule has 3 aliphatic rings. The first kappa shape index (κ1) is 16.9. The molecule has 0 saturated carbocycles. The first-order valence-electron chi connectivity index (χ1n) is 9.21. The maximum atomic E-state index is 12.7. The second-order valence-electron chi connectivity index (χ2n) is 7.36. The highest BCUT2D eigenvalue weighted by molar-refractivity contribution is 6.35. The fourth-order valence-electron chi connectivity index (χ4n) is 4.47. The number of carbonyl (C=O) groups excluding carboxylic acids is 1. The van der Waals surface area contributed by atoms with E-state index in [1.54, 1.807) is 0 Å². The van der Waals surface area contributed by atoms with Gasteiger partial charge < -0.3 is 4.90 Å². The molecule has 0 radical (unpaired) electrons. The quantitative estimate of drug-likeness (QED) is 0.841. The summed E-state index contributed by atoms with van der Waals surface area (Å²) in [5.41, 5.74) is 2.07. The van der Waals surface area contributed by atoms with Gasteiger partial charge in [-0.15, -0.1) is 0 Å². The maximum absolute atomic E-state index is 12.7. The Labute approximate surface area is 153 Å². The maximum Gasteiger partial charge on any atom is 0.227 e. The summed E-state index contributed by atoms with van der Waals surface area (Å²) in [4.78, 5) is 17.3. The van der Waals surface area contributed by atoms with Gasteiger partial charge in [0.15, 0.2) is 0 Å². The van der Waals surface area contributed by atoms with E-state index < -0.39 is 0 Å². The van der Waals surface area contributed by atoms with Crippen molar-refractivity contribution in [3.63, 3.8) is 0 Å². The van der Waals surface area contributed by atoms with Crippen molar-refractivity contribution in [1.82, 2.24) is 19.6 Å². The Morgan fingerprint density at radius 3 is 2.92 bits per heavy atom. The Morgan fingerprint density at radius 2 is 2.12 bits per heavy atom. The Morgan fingerprint density at radius 1 is 1.28 bits per heavy atom. The van der Waals surface area contributed by atoms with Crippen LogP contribution >= 0.6 is 11.6 Å². The number of benzene rings is 1. The van der Waals surface area contributed by atoms with E-state index in [9.17, 15) is 4.79 Å². The smallest absolute Gasteiger partial charge is 0.227 e. The zero-order valence-electron chi connectivity index (χ0n) is 14.9. The standard InChI is InChI=1S/C19H25ClN4O/c1-3-9-24-14-8-7-13(19(24)25)10-23(11-14)12-16-18-15(20)5-4-6-17(18)22(2)21-16/h4-6,13-14H,3,7-12H2,1-2H3/t13-,14+/m0/s1. The van der Waals surface area contributed by atoms with Gasteiger partial charge in [0.2, 0.25) is 5.91 Å². The summed E-state index contributed by atoms with van der Waals surface area (Å²) in [6.45, 7) is 5.54. The van der Waals surface area contributed by atoms with Crippen molar-refractivity contribution in [3.8, 4) is 0 Å². The number of aromatic nitrogens is 2. The van der Waals surface area contributed by atoms with Crippen molar-refractivity contribution in [2.45, 2.75) is 38.8 Å². The van der Waals surface area contributed by atoms with Crippen molar-refractivity contribution in [1.29, 1.82) is 0 Å². The molecule has 0 aliphatic carbocycles. The number of halogens is 1. The van der Waals surface area contributed by atoms with E-state index in [0.29, 0.717) is 11.9 Å². The van der Waals surface area contributed by atoms with Crippen molar-refractivity contribution >= 4 is 28.4 Å². The molecule has 1 amide bonds. The Hall–Kier alpha value is -1.59. The number of fused-ring (bicyclic) bond motifs is 5. The number of hydrogen-bond acceptors (Lipinski definition) is 3. The predicted molar refractivity (Wildman–Crippen MR) is 99.5 cm³/mol. The van der Waals surface area contributed by atoms with Gasteiger partial charge in [0.25, 0.3) is 0 Å². The number of aryl methyl sites for hydroxylation is 1. The summed E-state index contributed by atoms with van der Waals surface area (Å²) in [5.74, 6) is 0.486. The lowest BCUT2D eigenvalue weighted by Gasteiger charge is -2.35. The summed E-state index contributed by atoms with van der Waals surface area (Å²) < 4.78 is 1.90. The van der Waals surface area contributed by atoms with Crippen LogP contribution in [0.1, 0.15) is 31.9 Å². The van der Waals surface area contributed by atoms with Crippen LogP contribution in [0.2, 0.25) is 5.02 Å². The van der Waals surface area contributed by atoms with Gasteiger partial charge >= 0.3 is 0 Å². The molecule has 0 N–H and O–H groups in total. The van der Waals surface area contributed by atoms with Crippen LogP contribution < -0.4 is 0 Å². The summed E-state index contributed by atoms with van der Waals surface area (Å²) in [6, 6.07) is 6.28. The molecule has 5 rings (SSSR count). The number of hydrogen-bond donors (Lipinski definition) is 0. The Bertz CT molecular complexity index is 802. The van der Waals surface area contributed by atoms with Crippen molar-refractivity contribution in [3.05, 3.63) is 28.9 Å². The molecule has 134 valence electrons. The second-order valence-corrected chi connectivity index (χ2v) is 7.77. The molecule has 4 heterocycles. The van der Waals surface area contributed by atoms with Crippen molar-refractivity contribution in [2.75, 3.05) is 19.6 Å². The van der Waals surface area contributed by atoms with Crippen LogP contribution in [0.25, 0.3) is 10.9 Å². The zero-order valence-corrected chi connectivity index (χ0v) is 15.7. The average molecular weight is 361 g/mol. The van der Waals surface area contributed by atoms with Gasteiger partial charge in [0.05, 0.1) is 22.2 Å². The molecule has 1 aromatic carbocycles. The van der Waals surface area contributed by atoms with Crippen molar-refractivity contribution < 1.29 is 4.79 Å². The lowest BCUT2D eigenvalue weighted by Crippen LogP contribution is -2.48. The highest BCUT2D eigenvalue weighted by Gasteiger charge is 2.40. The van der Waals surface area contributed by atoms with E-state index in [1.165, 1.54) is 0 Å². The summed E-state index contributed by atoms with van der Waals surface area (Å²) in [7, 11) is 1.96.